The van der Waals surface area contributed by atoms with Gasteiger partial charge in [-0.3, -0.25) is 9.59 Å². The Balaban J connectivity index is 2.09. The van der Waals surface area contributed by atoms with Gasteiger partial charge >= 0.3 is 5.97 Å². The highest BCUT2D eigenvalue weighted by atomic mass is 35.5. The van der Waals surface area contributed by atoms with Gasteiger partial charge in [0.1, 0.15) is 4.90 Å². The van der Waals surface area contributed by atoms with Gasteiger partial charge < -0.3 is 10.1 Å². The van der Waals surface area contributed by atoms with E-state index >= 15 is 0 Å². The smallest absolute Gasteiger partial charge is 0.307 e. The molecule has 2 rings (SSSR count). The number of methoxy groups -OCH3 is 1. The number of rotatable bonds is 7. The molecular weight excluding hydrogens is 344 g/mol. The fraction of sp³-hybridized carbons (Fsp3) is 0.429. The molecule has 0 unspecified atom stereocenters. The summed E-state index contributed by atoms with van der Waals surface area (Å²) in [7, 11) is -2.50. The third kappa shape index (κ3) is 4.92. The summed E-state index contributed by atoms with van der Waals surface area (Å²) in [6.45, 7) is 0.0938. The van der Waals surface area contributed by atoms with Gasteiger partial charge in [-0.15, -0.1) is 0 Å². The van der Waals surface area contributed by atoms with Gasteiger partial charge in [0.15, 0.2) is 0 Å². The van der Waals surface area contributed by atoms with Crippen LogP contribution in [0, 0.1) is 0 Å². The molecule has 1 amide bonds. The average molecular weight is 361 g/mol. The Kier molecular flexibility index (Phi) is 5.61. The Morgan fingerprint density at radius 3 is 2.65 bits per heavy atom. The SMILES string of the molecule is COC(=O)CCNC(=O)c1ccc(Cl)c(S(=O)(=O)NC2CC2)c1. The molecule has 2 N–H and O–H groups in total. The predicted molar refractivity (Wildman–Crippen MR) is 83.8 cm³/mol. The number of nitrogens with one attached hydrogen (secondary N) is 2. The standard InChI is InChI=1S/C14H17ClN2O5S/c1-22-13(18)6-7-16-14(19)9-2-5-11(15)12(8-9)23(20,21)17-10-3-4-10/h2,5,8,10,17H,3-4,6-7H2,1H3,(H,16,19). The van der Waals surface area contributed by atoms with Crippen LogP contribution in [0.1, 0.15) is 29.6 Å². The van der Waals surface area contributed by atoms with Crippen molar-refractivity contribution in [3.05, 3.63) is 28.8 Å². The molecular formula is C14H17ClN2O5S. The first-order chi connectivity index (χ1) is 10.8. The van der Waals surface area contributed by atoms with Crippen molar-refractivity contribution in [1.82, 2.24) is 10.0 Å². The Bertz CT molecular complexity index is 716. The van der Waals surface area contributed by atoms with Crippen LogP contribution in [0.3, 0.4) is 0 Å². The van der Waals surface area contributed by atoms with Gasteiger partial charge in [-0.2, -0.15) is 0 Å². The summed E-state index contributed by atoms with van der Waals surface area (Å²) in [5, 5.41) is 2.56. The van der Waals surface area contributed by atoms with Crippen molar-refractivity contribution >= 4 is 33.5 Å². The summed E-state index contributed by atoms with van der Waals surface area (Å²) in [4.78, 5) is 22.9. The normalized spacial score (nSPS) is 14.3. The second kappa shape index (κ2) is 7.29. The van der Waals surface area contributed by atoms with Gasteiger partial charge in [0.05, 0.1) is 18.6 Å². The topological polar surface area (TPSA) is 102 Å². The Morgan fingerprint density at radius 2 is 2.04 bits per heavy atom. The number of benzene rings is 1. The van der Waals surface area contributed by atoms with E-state index < -0.39 is 21.9 Å². The van der Waals surface area contributed by atoms with Crippen molar-refractivity contribution in [2.24, 2.45) is 0 Å². The Labute approximate surface area is 139 Å². The molecule has 23 heavy (non-hydrogen) atoms. The lowest BCUT2D eigenvalue weighted by Crippen LogP contribution is -2.28. The summed E-state index contributed by atoms with van der Waals surface area (Å²) in [6.07, 6.45) is 1.62. The van der Waals surface area contributed by atoms with Gasteiger partial charge in [0, 0.05) is 18.2 Å². The van der Waals surface area contributed by atoms with Crippen LogP contribution >= 0.6 is 11.6 Å². The van der Waals surface area contributed by atoms with Gasteiger partial charge in [0.2, 0.25) is 10.0 Å². The maximum atomic E-state index is 12.2. The fourth-order valence-electron chi connectivity index (χ4n) is 1.82. The van der Waals surface area contributed by atoms with E-state index in [4.69, 9.17) is 11.6 Å². The molecule has 1 aromatic carbocycles. The van der Waals surface area contributed by atoms with Crippen molar-refractivity contribution in [2.75, 3.05) is 13.7 Å². The molecule has 126 valence electrons. The van der Waals surface area contributed by atoms with Crippen molar-refractivity contribution in [1.29, 1.82) is 0 Å². The van der Waals surface area contributed by atoms with Crippen molar-refractivity contribution in [2.45, 2.75) is 30.2 Å². The molecule has 0 atom stereocenters. The molecule has 1 aliphatic carbocycles. The minimum Gasteiger partial charge on any atom is -0.469 e. The van der Waals surface area contributed by atoms with Crippen LogP contribution in [0.2, 0.25) is 5.02 Å². The molecule has 0 radical (unpaired) electrons. The maximum Gasteiger partial charge on any atom is 0.307 e. The number of halogens is 1. The fourth-order valence-corrected chi connectivity index (χ4v) is 3.65. The summed E-state index contributed by atoms with van der Waals surface area (Å²) < 4.78 is 31.4. The van der Waals surface area contributed by atoms with Crippen molar-refractivity contribution in [3.8, 4) is 0 Å². The van der Waals surface area contributed by atoms with Crippen LogP contribution in [-0.2, 0) is 19.6 Å². The van der Waals surface area contributed by atoms with Crippen LogP contribution in [0.15, 0.2) is 23.1 Å². The minimum atomic E-state index is -3.76. The second-order valence-corrected chi connectivity index (χ2v) is 7.21. The molecule has 0 spiro atoms. The first kappa shape index (κ1) is 17.7. The van der Waals surface area contributed by atoms with Crippen LogP contribution in [0.5, 0.6) is 0 Å². The molecule has 0 heterocycles. The number of ether oxygens (including phenoxy) is 1. The highest BCUT2D eigenvalue weighted by molar-refractivity contribution is 7.89. The summed E-state index contributed by atoms with van der Waals surface area (Å²) >= 11 is 5.94. The molecule has 0 aromatic heterocycles. The van der Waals surface area contributed by atoms with Crippen molar-refractivity contribution in [3.63, 3.8) is 0 Å². The third-order valence-corrected chi connectivity index (χ3v) is 5.23. The maximum absolute atomic E-state index is 12.2. The lowest BCUT2D eigenvalue weighted by molar-refractivity contribution is -0.140. The molecule has 1 aromatic rings. The number of hydrogen-bond donors (Lipinski definition) is 2. The van der Waals surface area contributed by atoms with E-state index in [1.54, 1.807) is 0 Å². The first-order valence-corrected chi connectivity index (χ1v) is 8.86. The van der Waals surface area contributed by atoms with Gasteiger partial charge in [-0.1, -0.05) is 11.6 Å². The number of amides is 1. The van der Waals surface area contributed by atoms with Gasteiger partial charge in [-0.05, 0) is 31.0 Å². The quantitative estimate of drug-likeness (QED) is 0.708. The molecule has 1 saturated carbocycles. The lowest BCUT2D eigenvalue weighted by atomic mass is 10.2. The Morgan fingerprint density at radius 1 is 1.35 bits per heavy atom. The molecule has 0 bridgehead atoms. The zero-order valence-corrected chi connectivity index (χ0v) is 14.0. The van der Waals surface area contributed by atoms with E-state index in [1.807, 2.05) is 0 Å². The summed E-state index contributed by atoms with van der Waals surface area (Å²) in [6, 6.07) is 3.94. The largest absolute Gasteiger partial charge is 0.469 e. The van der Waals surface area contributed by atoms with Crippen LogP contribution in [0.4, 0.5) is 0 Å². The van der Waals surface area contributed by atoms with E-state index in [0.29, 0.717) is 0 Å². The second-order valence-electron chi connectivity index (χ2n) is 5.12. The van der Waals surface area contributed by atoms with E-state index in [2.05, 4.69) is 14.8 Å². The summed E-state index contributed by atoms with van der Waals surface area (Å²) in [5.41, 5.74) is 0.149. The van der Waals surface area contributed by atoms with E-state index in [-0.39, 0.29) is 34.5 Å². The predicted octanol–water partition coefficient (Wildman–Crippen LogP) is 1.07. The molecule has 1 aliphatic rings. The van der Waals surface area contributed by atoms with E-state index in [1.165, 1.54) is 25.3 Å². The average Bonchev–Trinajstić information content (AvgIpc) is 3.30. The number of carbonyl (C=O) groups is 2. The van der Waals surface area contributed by atoms with E-state index in [9.17, 15) is 18.0 Å². The zero-order valence-electron chi connectivity index (χ0n) is 12.5. The minimum absolute atomic E-state index is 0.0320. The van der Waals surface area contributed by atoms with Crippen LogP contribution in [0.25, 0.3) is 0 Å². The number of carbonyl (C=O) groups excluding carboxylic acids is 2. The Hall–Kier alpha value is -1.64. The lowest BCUT2D eigenvalue weighted by Gasteiger charge is -2.10. The number of sulfonamides is 1. The number of hydrogen-bond acceptors (Lipinski definition) is 5. The molecule has 7 nitrogen and oxygen atoms in total. The van der Waals surface area contributed by atoms with Gasteiger partial charge in [-0.25, -0.2) is 13.1 Å². The van der Waals surface area contributed by atoms with Gasteiger partial charge in [0.25, 0.3) is 5.91 Å². The summed E-state index contributed by atoms with van der Waals surface area (Å²) in [5.74, 6) is -0.938. The molecule has 9 heteroatoms. The van der Waals surface area contributed by atoms with Crippen LogP contribution in [-0.4, -0.2) is 40.0 Å². The molecule has 0 saturated heterocycles. The third-order valence-electron chi connectivity index (χ3n) is 3.22. The number of esters is 1. The highest BCUT2D eigenvalue weighted by Crippen LogP contribution is 2.26. The molecule has 1 fully saturated rings. The highest BCUT2D eigenvalue weighted by Gasteiger charge is 2.29. The van der Waals surface area contributed by atoms with E-state index in [0.717, 1.165) is 12.8 Å². The zero-order chi connectivity index (χ0) is 17.0. The molecule has 0 aliphatic heterocycles. The van der Waals surface area contributed by atoms with Crippen molar-refractivity contribution < 1.29 is 22.7 Å². The monoisotopic (exact) mass is 360 g/mol. The van der Waals surface area contributed by atoms with Crippen LogP contribution < -0.4 is 10.0 Å². The first-order valence-electron chi connectivity index (χ1n) is 7.00.